The first-order valence-electron chi connectivity index (χ1n) is 8.04. The second-order valence-corrected chi connectivity index (χ2v) is 5.99. The van der Waals surface area contributed by atoms with Crippen LogP contribution >= 0.6 is 0 Å². The van der Waals surface area contributed by atoms with Gasteiger partial charge in [-0.2, -0.15) is 10.2 Å². The third-order valence-electron chi connectivity index (χ3n) is 4.25. The Morgan fingerprint density at radius 3 is 2.67 bits per heavy atom. The molecule has 1 saturated carbocycles. The summed E-state index contributed by atoms with van der Waals surface area (Å²) in [6.07, 6.45) is 11.8. The van der Waals surface area contributed by atoms with E-state index >= 15 is 0 Å². The van der Waals surface area contributed by atoms with Crippen LogP contribution in [0, 0.1) is 0 Å². The first-order chi connectivity index (χ1) is 10.3. The number of hydrogen-bond acceptors (Lipinski definition) is 3. The van der Waals surface area contributed by atoms with Crippen LogP contribution in [0.3, 0.4) is 0 Å². The minimum atomic E-state index is 0.626. The summed E-state index contributed by atoms with van der Waals surface area (Å²) >= 11 is 0. The number of hydrogen-bond donors (Lipinski definition) is 1. The summed E-state index contributed by atoms with van der Waals surface area (Å²) in [4.78, 5) is 0. The molecule has 0 unspecified atom stereocenters. The maximum absolute atomic E-state index is 4.72. The highest BCUT2D eigenvalue weighted by Gasteiger charge is 2.15. The van der Waals surface area contributed by atoms with E-state index in [1.54, 1.807) is 0 Å². The molecular formula is C16H25N5. The first-order valence-corrected chi connectivity index (χ1v) is 8.04. The van der Waals surface area contributed by atoms with Crippen molar-refractivity contribution in [1.29, 1.82) is 0 Å². The predicted molar refractivity (Wildman–Crippen MR) is 83.0 cm³/mol. The molecule has 0 spiro atoms. The minimum absolute atomic E-state index is 0.626. The van der Waals surface area contributed by atoms with E-state index in [2.05, 4.69) is 33.4 Å². The molecule has 2 heterocycles. The Morgan fingerprint density at radius 1 is 1.10 bits per heavy atom. The predicted octanol–water partition coefficient (Wildman–Crippen LogP) is 2.45. The topological polar surface area (TPSA) is 47.7 Å². The Labute approximate surface area is 126 Å². The lowest BCUT2D eigenvalue weighted by Gasteiger charge is -2.21. The van der Waals surface area contributed by atoms with Crippen molar-refractivity contribution >= 4 is 0 Å². The molecule has 1 fully saturated rings. The molecule has 1 aliphatic carbocycles. The molecule has 3 rings (SSSR count). The highest BCUT2D eigenvalue weighted by molar-refractivity contribution is 5.01. The van der Waals surface area contributed by atoms with Crippen molar-refractivity contribution in [3.05, 3.63) is 35.9 Å². The van der Waals surface area contributed by atoms with Crippen LogP contribution in [0.2, 0.25) is 0 Å². The van der Waals surface area contributed by atoms with E-state index < -0.39 is 0 Å². The third-order valence-corrected chi connectivity index (χ3v) is 4.25. The molecule has 2 aromatic rings. The van der Waals surface area contributed by atoms with Gasteiger partial charge in [0.25, 0.3) is 0 Å². The smallest absolute Gasteiger partial charge is 0.0762 e. The van der Waals surface area contributed by atoms with E-state index in [1.807, 2.05) is 17.9 Å². The summed E-state index contributed by atoms with van der Waals surface area (Å²) in [7, 11) is 1.95. The maximum atomic E-state index is 4.72. The minimum Gasteiger partial charge on any atom is -0.311 e. The number of aromatic nitrogens is 4. The highest BCUT2D eigenvalue weighted by atomic mass is 15.3. The van der Waals surface area contributed by atoms with Crippen molar-refractivity contribution in [2.24, 2.45) is 7.05 Å². The van der Waals surface area contributed by atoms with Gasteiger partial charge >= 0.3 is 0 Å². The fourth-order valence-corrected chi connectivity index (χ4v) is 3.05. The number of aryl methyl sites for hydroxylation is 1. The van der Waals surface area contributed by atoms with Gasteiger partial charge in [-0.05, 0) is 25.0 Å². The maximum Gasteiger partial charge on any atom is 0.0762 e. The second kappa shape index (κ2) is 6.89. The third kappa shape index (κ3) is 3.94. The van der Waals surface area contributed by atoms with Crippen molar-refractivity contribution in [2.75, 3.05) is 6.54 Å². The van der Waals surface area contributed by atoms with Gasteiger partial charge in [-0.3, -0.25) is 9.36 Å². The van der Waals surface area contributed by atoms with Gasteiger partial charge < -0.3 is 5.32 Å². The van der Waals surface area contributed by atoms with E-state index in [-0.39, 0.29) is 0 Å². The van der Waals surface area contributed by atoms with Crippen LogP contribution in [0.4, 0.5) is 0 Å². The Bertz CT molecular complexity index is 551. The van der Waals surface area contributed by atoms with Gasteiger partial charge in [-0.1, -0.05) is 19.3 Å². The lowest BCUT2D eigenvalue weighted by molar-refractivity contribution is 0.327. The normalized spacial score (nSPS) is 16.4. The van der Waals surface area contributed by atoms with Gasteiger partial charge in [0.15, 0.2) is 0 Å². The second-order valence-electron chi connectivity index (χ2n) is 5.99. The zero-order valence-electron chi connectivity index (χ0n) is 12.8. The van der Waals surface area contributed by atoms with Crippen LogP contribution in [0.1, 0.15) is 49.5 Å². The first kappa shape index (κ1) is 14.3. The van der Waals surface area contributed by atoms with Crippen LogP contribution in [0.25, 0.3) is 0 Å². The van der Waals surface area contributed by atoms with Crippen molar-refractivity contribution in [3.63, 3.8) is 0 Å². The van der Waals surface area contributed by atoms with Crippen LogP contribution in [-0.2, 0) is 20.0 Å². The van der Waals surface area contributed by atoms with Gasteiger partial charge in [0.05, 0.1) is 17.4 Å². The quantitative estimate of drug-likeness (QED) is 0.830. The molecule has 0 bridgehead atoms. The number of nitrogens with zero attached hydrogens (tertiary/aromatic N) is 4. The molecule has 0 atom stereocenters. The molecule has 2 aromatic heterocycles. The summed E-state index contributed by atoms with van der Waals surface area (Å²) in [5.74, 6) is 0. The van der Waals surface area contributed by atoms with E-state index in [1.165, 1.54) is 32.1 Å². The van der Waals surface area contributed by atoms with Gasteiger partial charge in [0, 0.05) is 39.0 Å². The van der Waals surface area contributed by atoms with Crippen LogP contribution < -0.4 is 5.32 Å². The summed E-state index contributed by atoms with van der Waals surface area (Å²) in [6, 6.07) is 4.84. The lowest BCUT2D eigenvalue weighted by atomic mass is 9.96. The van der Waals surface area contributed by atoms with Crippen molar-refractivity contribution in [1.82, 2.24) is 24.9 Å². The van der Waals surface area contributed by atoms with Crippen LogP contribution in [0.5, 0.6) is 0 Å². The van der Waals surface area contributed by atoms with E-state index in [4.69, 9.17) is 5.10 Å². The Balaban J connectivity index is 1.42. The molecule has 1 N–H and O–H groups in total. The van der Waals surface area contributed by atoms with Gasteiger partial charge in [-0.15, -0.1) is 0 Å². The fraction of sp³-hybridized carbons (Fsp3) is 0.625. The molecular weight excluding hydrogens is 262 g/mol. The SMILES string of the molecule is Cn1ccc(CCNCc2ccn(C3CCCCC3)n2)n1. The van der Waals surface area contributed by atoms with E-state index in [0.29, 0.717) is 6.04 Å². The Hall–Kier alpha value is -1.62. The zero-order chi connectivity index (χ0) is 14.5. The molecule has 0 radical (unpaired) electrons. The summed E-state index contributed by atoms with van der Waals surface area (Å²) in [5, 5.41) is 12.5. The monoisotopic (exact) mass is 287 g/mol. The molecule has 5 heteroatoms. The van der Waals surface area contributed by atoms with Crippen molar-refractivity contribution < 1.29 is 0 Å². The lowest BCUT2D eigenvalue weighted by Crippen LogP contribution is -2.18. The molecule has 0 amide bonds. The van der Waals surface area contributed by atoms with Gasteiger partial charge in [0.2, 0.25) is 0 Å². The number of rotatable bonds is 6. The highest BCUT2D eigenvalue weighted by Crippen LogP contribution is 2.27. The summed E-state index contributed by atoms with van der Waals surface area (Å²) < 4.78 is 4.02. The average molecular weight is 287 g/mol. The molecule has 0 saturated heterocycles. The molecule has 114 valence electrons. The average Bonchev–Trinajstić information content (AvgIpc) is 3.14. The molecule has 0 aromatic carbocycles. The summed E-state index contributed by atoms with van der Waals surface area (Å²) in [5.41, 5.74) is 2.28. The van der Waals surface area contributed by atoms with Gasteiger partial charge in [-0.25, -0.2) is 0 Å². The number of nitrogens with one attached hydrogen (secondary N) is 1. The van der Waals surface area contributed by atoms with E-state index in [9.17, 15) is 0 Å². The Morgan fingerprint density at radius 2 is 1.90 bits per heavy atom. The largest absolute Gasteiger partial charge is 0.311 e. The molecule has 1 aliphatic rings. The fourth-order valence-electron chi connectivity index (χ4n) is 3.05. The van der Waals surface area contributed by atoms with Crippen LogP contribution in [0.15, 0.2) is 24.5 Å². The van der Waals surface area contributed by atoms with Crippen LogP contribution in [-0.4, -0.2) is 26.1 Å². The molecule has 5 nitrogen and oxygen atoms in total. The molecule has 21 heavy (non-hydrogen) atoms. The van der Waals surface area contributed by atoms with Crippen molar-refractivity contribution in [2.45, 2.75) is 51.1 Å². The standard InChI is InChI=1S/C16H25N5/c1-20-11-8-14(18-20)7-10-17-13-15-9-12-21(19-15)16-5-3-2-4-6-16/h8-9,11-12,16-17H,2-7,10,13H2,1H3. The molecule has 0 aliphatic heterocycles. The van der Waals surface area contributed by atoms with Gasteiger partial charge in [0.1, 0.15) is 0 Å². The Kier molecular flexibility index (Phi) is 4.70. The van der Waals surface area contributed by atoms with Crippen molar-refractivity contribution in [3.8, 4) is 0 Å². The van der Waals surface area contributed by atoms with E-state index in [0.717, 1.165) is 30.9 Å². The summed E-state index contributed by atoms with van der Waals surface area (Å²) in [6.45, 7) is 1.78. The zero-order valence-corrected chi connectivity index (χ0v) is 12.8.